The summed E-state index contributed by atoms with van der Waals surface area (Å²) < 4.78 is 13.6. The minimum absolute atomic E-state index is 0.0825. The number of hydrogen-bond acceptors (Lipinski definition) is 5. The highest BCUT2D eigenvalue weighted by molar-refractivity contribution is 7.97. The van der Waals surface area contributed by atoms with Gasteiger partial charge in [0.15, 0.2) is 0 Å². The van der Waals surface area contributed by atoms with Crippen LogP contribution in [0.3, 0.4) is 0 Å². The van der Waals surface area contributed by atoms with E-state index in [1.807, 2.05) is 13.8 Å². The molecule has 0 atom stereocenters. The summed E-state index contributed by atoms with van der Waals surface area (Å²) in [5, 5.41) is 2.73. The van der Waals surface area contributed by atoms with Crippen molar-refractivity contribution in [3.63, 3.8) is 0 Å². The van der Waals surface area contributed by atoms with Gasteiger partial charge in [0.2, 0.25) is 5.91 Å². The molecule has 102 valence electrons. The van der Waals surface area contributed by atoms with Crippen molar-refractivity contribution in [2.75, 3.05) is 38.7 Å². The zero-order valence-corrected chi connectivity index (χ0v) is 11.8. The van der Waals surface area contributed by atoms with Crippen LogP contribution in [0, 0.1) is 0 Å². The van der Waals surface area contributed by atoms with E-state index in [4.69, 9.17) is 9.47 Å². The van der Waals surface area contributed by atoms with Crippen molar-refractivity contribution in [2.24, 2.45) is 0 Å². The maximum Gasteiger partial charge on any atom is 0.246 e. The third kappa shape index (κ3) is 13.6. The van der Waals surface area contributed by atoms with Crippen LogP contribution in [0.15, 0.2) is 0 Å². The van der Waals surface area contributed by atoms with E-state index < -0.39 is 0 Å². The van der Waals surface area contributed by atoms with Crippen molar-refractivity contribution in [3.05, 3.63) is 0 Å². The highest BCUT2D eigenvalue weighted by Gasteiger charge is 2.01. The number of amides is 1. The molecule has 2 N–H and O–H groups in total. The Morgan fingerprint density at radius 1 is 1.29 bits per heavy atom. The summed E-state index contributed by atoms with van der Waals surface area (Å²) in [5.74, 6) is 0.952. The Morgan fingerprint density at radius 2 is 2.00 bits per heavy atom. The summed E-state index contributed by atoms with van der Waals surface area (Å²) in [4.78, 5) is 11.2. The Balaban J connectivity index is 3.14. The van der Waals surface area contributed by atoms with Crippen molar-refractivity contribution in [1.82, 2.24) is 10.0 Å². The van der Waals surface area contributed by atoms with Gasteiger partial charge in [-0.15, -0.1) is 0 Å². The maximum atomic E-state index is 11.2. The van der Waals surface area contributed by atoms with Gasteiger partial charge in [-0.1, -0.05) is 18.9 Å². The van der Waals surface area contributed by atoms with Gasteiger partial charge in [-0.25, -0.2) is 0 Å². The topological polar surface area (TPSA) is 59.6 Å². The van der Waals surface area contributed by atoms with Gasteiger partial charge in [0.05, 0.1) is 19.3 Å². The second-order valence-corrected chi connectivity index (χ2v) is 4.80. The first-order valence-electron chi connectivity index (χ1n) is 5.97. The molecule has 0 bridgehead atoms. The molecule has 1 amide bonds. The summed E-state index contributed by atoms with van der Waals surface area (Å²) in [7, 11) is 0. The van der Waals surface area contributed by atoms with Gasteiger partial charge in [0, 0.05) is 18.8 Å². The predicted octanol–water partition coefficient (Wildman–Crippen LogP) is 0.802. The zero-order valence-electron chi connectivity index (χ0n) is 11.0. The van der Waals surface area contributed by atoms with Gasteiger partial charge in [0.1, 0.15) is 6.61 Å². The summed E-state index contributed by atoms with van der Waals surface area (Å²) in [6.45, 7) is 8.55. The molecule has 5 nitrogen and oxygen atoms in total. The van der Waals surface area contributed by atoms with Crippen molar-refractivity contribution in [1.29, 1.82) is 0 Å². The monoisotopic (exact) mass is 264 g/mol. The lowest BCUT2D eigenvalue weighted by atomic mass is 10.5. The van der Waals surface area contributed by atoms with Crippen LogP contribution in [-0.2, 0) is 14.3 Å². The van der Waals surface area contributed by atoms with E-state index >= 15 is 0 Å². The van der Waals surface area contributed by atoms with Crippen LogP contribution in [0.5, 0.6) is 0 Å². The van der Waals surface area contributed by atoms with E-state index in [9.17, 15) is 4.79 Å². The van der Waals surface area contributed by atoms with E-state index in [2.05, 4.69) is 17.0 Å². The molecule has 0 radical (unpaired) electrons. The Kier molecular flexibility index (Phi) is 12.0. The summed E-state index contributed by atoms with van der Waals surface area (Å²) in [6.07, 6.45) is 0.0825. The van der Waals surface area contributed by atoms with Crippen LogP contribution in [0.1, 0.15) is 20.8 Å². The lowest BCUT2D eigenvalue weighted by Crippen LogP contribution is -2.31. The fraction of sp³-hybridized carbons (Fsp3) is 0.909. The average molecular weight is 264 g/mol. The predicted molar refractivity (Wildman–Crippen MR) is 71.1 cm³/mol. The van der Waals surface area contributed by atoms with Gasteiger partial charge in [-0.05, 0) is 13.8 Å². The second kappa shape index (κ2) is 12.2. The third-order valence-corrected chi connectivity index (χ3v) is 2.41. The molecule has 0 aromatic heterocycles. The Hall–Kier alpha value is -0.300. The summed E-state index contributed by atoms with van der Waals surface area (Å²) in [5.41, 5.74) is 0. The summed E-state index contributed by atoms with van der Waals surface area (Å²) in [6, 6.07) is 0. The molecule has 0 unspecified atom stereocenters. The third-order valence-electron chi connectivity index (χ3n) is 1.71. The molecule has 0 saturated heterocycles. The first-order valence-corrected chi connectivity index (χ1v) is 6.96. The molecule has 0 aliphatic rings. The molecular formula is C11H24N2O3S. The first kappa shape index (κ1) is 16.7. The van der Waals surface area contributed by atoms with Gasteiger partial charge >= 0.3 is 0 Å². The number of carbonyl (C=O) groups excluding carboxylic acids is 1. The second-order valence-electron chi connectivity index (χ2n) is 3.65. The lowest BCUT2D eigenvalue weighted by Gasteiger charge is -2.09. The normalized spacial score (nSPS) is 10.8. The van der Waals surface area contributed by atoms with Crippen molar-refractivity contribution in [2.45, 2.75) is 26.9 Å². The molecule has 0 aromatic carbocycles. The molecular weight excluding hydrogens is 240 g/mol. The highest BCUT2D eigenvalue weighted by atomic mass is 32.2. The van der Waals surface area contributed by atoms with Crippen LogP contribution in [0.25, 0.3) is 0 Å². The van der Waals surface area contributed by atoms with Gasteiger partial charge in [-0.2, -0.15) is 0 Å². The molecule has 0 rings (SSSR count). The molecule has 0 aromatic rings. The zero-order chi connectivity index (χ0) is 12.9. The number of nitrogens with one attached hydrogen (secondary N) is 2. The molecule has 17 heavy (non-hydrogen) atoms. The van der Waals surface area contributed by atoms with Gasteiger partial charge < -0.3 is 14.8 Å². The van der Waals surface area contributed by atoms with Crippen molar-refractivity contribution < 1.29 is 14.3 Å². The van der Waals surface area contributed by atoms with Crippen LogP contribution in [0.4, 0.5) is 0 Å². The molecule has 6 heteroatoms. The minimum Gasteiger partial charge on any atom is -0.378 e. The fourth-order valence-corrected chi connectivity index (χ4v) is 1.38. The molecule has 0 heterocycles. The smallest absolute Gasteiger partial charge is 0.246 e. The van der Waals surface area contributed by atoms with Crippen molar-refractivity contribution in [3.8, 4) is 0 Å². The van der Waals surface area contributed by atoms with Crippen molar-refractivity contribution >= 4 is 17.9 Å². The quantitative estimate of drug-likeness (QED) is 0.427. The van der Waals surface area contributed by atoms with E-state index in [0.717, 1.165) is 12.3 Å². The number of hydrogen-bond donors (Lipinski definition) is 2. The Morgan fingerprint density at radius 3 is 2.65 bits per heavy atom. The van der Waals surface area contributed by atoms with Crippen LogP contribution in [0.2, 0.25) is 0 Å². The Bertz CT molecular complexity index is 192. The van der Waals surface area contributed by atoms with Crippen LogP contribution < -0.4 is 10.0 Å². The van der Waals surface area contributed by atoms with Gasteiger partial charge in [-0.3, -0.25) is 9.52 Å². The number of ether oxygens (including phenoxy) is 2. The molecule has 0 aliphatic carbocycles. The Labute approximate surface area is 108 Å². The van der Waals surface area contributed by atoms with E-state index in [1.54, 1.807) is 11.9 Å². The minimum atomic E-state index is -0.0954. The first-order chi connectivity index (χ1) is 8.16. The number of rotatable bonds is 11. The number of carbonyl (C=O) groups is 1. The standard InChI is InChI=1S/C11H24N2O3S/c1-4-17-13-6-8-15-7-5-12-11(14)9-16-10(2)3/h10,13H,4-9H2,1-3H3,(H,12,14). The average Bonchev–Trinajstić information content (AvgIpc) is 2.30. The molecule has 0 saturated carbocycles. The highest BCUT2D eigenvalue weighted by Crippen LogP contribution is 1.88. The van der Waals surface area contributed by atoms with Crippen LogP contribution in [-0.4, -0.2) is 50.7 Å². The largest absolute Gasteiger partial charge is 0.378 e. The lowest BCUT2D eigenvalue weighted by molar-refractivity contribution is -0.127. The molecule has 0 fully saturated rings. The van der Waals surface area contributed by atoms with Gasteiger partial charge in [0.25, 0.3) is 0 Å². The SMILES string of the molecule is CCSNCCOCCNC(=O)COC(C)C. The summed E-state index contributed by atoms with van der Waals surface area (Å²) >= 11 is 1.67. The van der Waals surface area contributed by atoms with Crippen LogP contribution >= 0.6 is 11.9 Å². The van der Waals surface area contributed by atoms with E-state index in [-0.39, 0.29) is 18.6 Å². The molecule has 0 spiro atoms. The maximum absolute atomic E-state index is 11.2. The van der Waals surface area contributed by atoms with E-state index in [0.29, 0.717) is 19.8 Å². The molecule has 0 aliphatic heterocycles. The van der Waals surface area contributed by atoms with E-state index in [1.165, 1.54) is 0 Å². The fourth-order valence-electron chi connectivity index (χ4n) is 0.946.